The fourth-order valence-corrected chi connectivity index (χ4v) is 5.55. The monoisotopic (exact) mass is 589 g/mol. The number of alkyl halides is 3. The third-order valence-electron chi connectivity index (χ3n) is 5.60. The number of hydrogen-bond acceptors (Lipinski definition) is 7. The van der Waals surface area contributed by atoms with Gasteiger partial charge in [-0.15, -0.1) is 21.5 Å². The molecule has 13 heteroatoms. The largest absolute Gasteiger partial charge is 0.461 e. The molecule has 5 aromatic rings. The Morgan fingerprint density at radius 3 is 2.72 bits per heavy atom. The Balaban J connectivity index is 1.27. The first kappa shape index (κ1) is 27.0. The summed E-state index contributed by atoms with van der Waals surface area (Å²) in [5, 5.41) is 12.4. The molecule has 200 valence electrons. The minimum atomic E-state index is -4.47. The van der Waals surface area contributed by atoms with Gasteiger partial charge in [0.1, 0.15) is 0 Å². The summed E-state index contributed by atoms with van der Waals surface area (Å²) in [6.45, 7) is 1.97. The third kappa shape index (κ3) is 6.18. The van der Waals surface area contributed by atoms with Crippen molar-refractivity contribution >= 4 is 45.7 Å². The number of thioether (sulfide) groups is 1. The van der Waals surface area contributed by atoms with Crippen LogP contribution in [0, 0.1) is 6.92 Å². The second-order valence-corrected chi connectivity index (χ2v) is 10.8. The van der Waals surface area contributed by atoms with E-state index < -0.39 is 11.7 Å². The van der Waals surface area contributed by atoms with Gasteiger partial charge < -0.3 is 9.73 Å². The zero-order chi connectivity index (χ0) is 27.6. The zero-order valence-electron chi connectivity index (χ0n) is 20.2. The van der Waals surface area contributed by atoms with Gasteiger partial charge in [0.15, 0.2) is 16.0 Å². The Labute approximate surface area is 234 Å². The maximum atomic E-state index is 13.1. The first-order valence-corrected chi connectivity index (χ1v) is 13.7. The van der Waals surface area contributed by atoms with Crippen LogP contribution in [0.15, 0.2) is 76.6 Å². The molecule has 7 nitrogen and oxygen atoms in total. The van der Waals surface area contributed by atoms with Crippen molar-refractivity contribution in [3.05, 3.63) is 93.6 Å². The number of hydrogen-bond donors (Lipinski definition) is 1. The van der Waals surface area contributed by atoms with Gasteiger partial charge in [-0.05, 0) is 54.4 Å². The molecule has 0 fully saturated rings. The predicted octanol–water partition coefficient (Wildman–Crippen LogP) is 7.29. The normalized spacial score (nSPS) is 11.6. The van der Waals surface area contributed by atoms with Crippen molar-refractivity contribution in [2.24, 2.45) is 0 Å². The van der Waals surface area contributed by atoms with Crippen LogP contribution in [-0.4, -0.2) is 31.4 Å². The smallest absolute Gasteiger partial charge is 0.416 e. The minimum absolute atomic E-state index is 0.0243. The highest BCUT2D eigenvalue weighted by Gasteiger charge is 2.31. The topological polar surface area (TPSA) is 85.8 Å². The number of carbonyl (C=O) groups excluding carboxylic acids is 1. The highest BCUT2D eigenvalue weighted by molar-refractivity contribution is 7.99. The van der Waals surface area contributed by atoms with E-state index in [9.17, 15) is 18.0 Å². The van der Waals surface area contributed by atoms with Gasteiger partial charge in [-0.25, -0.2) is 4.98 Å². The molecule has 0 aliphatic carbocycles. The Hall–Kier alpha value is -3.61. The Kier molecular flexibility index (Phi) is 7.78. The molecule has 39 heavy (non-hydrogen) atoms. The molecule has 0 radical (unpaired) electrons. The predicted molar refractivity (Wildman–Crippen MR) is 145 cm³/mol. The molecule has 0 saturated heterocycles. The van der Waals surface area contributed by atoms with E-state index in [1.165, 1.54) is 35.4 Å². The Bertz CT molecular complexity index is 1620. The van der Waals surface area contributed by atoms with Crippen LogP contribution in [0.4, 0.5) is 18.3 Å². The molecular weight excluding hydrogens is 571 g/mol. The fourth-order valence-electron chi connectivity index (χ4n) is 3.77. The number of para-hydroxylation sites is 1. The van der Waals surface area contributed by atoms with E-state index in [1.54, 1.807) is 18.4 Å². The molecule has 5 rings (SSSR count). The van der Waals surface area contributed by atoms with Crippen molar-refractivity contribution < 1.29 is 22.4 Å². The lowest BCUT2D eigenvalue weighted by Gasteiger charge is -2.11. The molecule has 0 spiro atoms. The molecule has 1 N–H and O–H groups in total. The molecular formula is C26H19ClF3N5O2S2. The van der Waals surface area contributed by atoms with E-state index in [0.29, 0.717) is 32.3 Å². The van der Waals surface area contributed by atoms with Gasteiger partial charge in [0, 0.05) is 22.5 Å². The summed E-state index contributed by atoms with van der Waals surface area (Å²) in [7, 11) is 0. The number of nitrogens with one attached hydrogen (secondary N) is 1. The van der Waals surface area contributed by atoms with Crippen molar-refractivity contribution in [1.29, 1.82) is 0 Å². The van der Waals surface area contributed by atoms with Crippen molar-refractivity contribution in [2.45, 2.75) is 24.7 Å². The quantitative estimate of drug-likeness (QED) is 0.191. The molecule has 2 aromatic carbocycles. The summed E-state index contributed by atoms with van der Waals surface area (Å²) in [5.41, 5.74) is 1.40. The van der Waals surface area contributed by atoms with Crippen LogP contribution in [0.2, 0.25) is 5.02 Å². The number of amides is 1. The van der Waals surface area contributed by atoms with Crippen LogP contribution in [0.3, 0.4) is 0 Å². The van der Waals surface area contributed by atoms with Gasteiger partial charge in [-0.3, -0.25) is 9.36 Å². The lowest BCUT2D eigenvalue weighted by Crippen LogP contribution is -2.14. The van der Waals surface area contributed by atoms with E-state index >= 15 is 0 Å². The molecule has 0 atom stereocenters. The van der Waals surface area contributed by atoms with Gasteiger partial charge in [0.05, 0.1) is 23.3 Å². The highest BCUT2D eigenvalue weighted by Crippen LogP contribution is 2.34. The van der Waals surface area contributed by atoms with Crippen molar-refractivity contribution in [2.75, 3.05) is 11.1 Å². The number of aromatic nitrogens is 4. The van der Waals surface area contributed by atoms with Crippen molar-refractivity contribution in [3.8, 4) is 17.3 Å². The van der Waals surface area contributed by atoms with E-state index in [4.69, 9.17) is 16.0 Å². The number of nitrogens with zero attached hydrogens (tertiary/aromatic N) is 4. The number of anilines is 1. The SMILES string of the molecule is Cc1ccccc1-n1c(SCC(=O)Nc2ncc(Cc3cc(C(F)(F)F)ccc3Cl)s2)nnc1-c1ccco1. The summed E-state index contributed by atoms with van der Waals surface area (Å²) < 4.78 is 46.6. The maximum Gasteiger partial charge on any atom is 0.416 e. The number of rotatable bonds is 8. The van der Waals surface area contributed by atoms with E-state index in [2.05, 4.69) is 20.5 Å². The molecule has 0 aliphatic rings. The highest BCUT2D eigenvalue weighted by atomic mass is 35.5. The van der Waals surface area contributed by atoms with Crippen LogP contribution in [0.25, 0.3) is 17.3 Å². The molecule has 3 heterocycles. The maximum absolute atomic E-state index is 13.1. The fraction of sp³-hybridized carbons (Fsp3) is 0.154. The number of carbonyl (C=O) groups is 1. The summed E-state index contributed by atoms with van der Waals surface area (Å²) in [6.07, 6.45) is -1.25. The number of furan rings is 1. The van der Waals surface area contributed by atoms with Crippen LogP contribution >= 0.6 is 34.7 Å². The zero-order valence-corrected chi connectivity index (χ0v) is 22.6. The van der Waals surface area contributed by atoms with Gasteiger partial charge in [0.2, 0.25) is 11.7 Å². The first-order valence-electron chi connectivity index (χ1n) is 11.5. The van der Waals surface area contributed by atoms with Crippen LogP contribution in [0.5, 0.6) is 0 Å². The number of aryl methyl sites for hydroxylation is 1. The molecule has 0 bridgehead atoms. The average Bonchev–Trinajstić information content (AvgIpc) is 3.65. The summed E-state index contributed by atoms with van der Waals surface area (Å²) in [5.74, 6) is 0.751. The summed E-state index contributed by atoms with van der Waals surface area (Å²) >= 11 is 8.48. The molecule has 0 unspecified atom stereocenters. The van der Waals surface area contributed by atoms with Crippen LogP contribution in [0.1, 0.15) is 21.6 Å². The molecule has 1 amide bonds. The van der Waals surface area contributed by atoms with Crippen molar-refractivity contribution in [1.82, 2.24) is 19.7 Å². The lowest BCUT2D eigenvalue weighted by atomic mass is 10.1. The summed E-state index contributed by atoms with van der Waals surface area (Å²) in [6, 6.07) is 14.5. The second-order valence-electron chi connectivity index (χ2n) is 8.35. The van der Waals surface area contributed by atoms with Gasteiger partial charge >= 0.3 is 6.18 Å². The molecule has 3 aromatic heterocycles. The van der Waals surface area contributed by atoms with Gasteiger partial charge in [-0.2, -0.15) is 13.2 Å². The van der Waals surface area contributed by atoms with Crippen LogP contribution in [-0.2, 0) is 17.4 Å². The van der Waals surface area contributed by atoms with Gasteiger partial charge in [-0.1, -0.05) is 41.6 Å². The number of benzene rings is 2. The average molecular weight is 590 g/mol. The minimum Gasteiger partial charge on any atom is -0.461 e. The Morgan fingerprint density at radius 1 is 1.15 bits per heavy atom. The third-order valence-corrected chi connectivity index (χ3v) is 7.81. The van der Waals surface area contributed by atoms with E-state index in [-0.39, 0.29) is 23.1 Å². The van der Waals surface area contributed by atoms with Crippen LogP contribution < -0.4 is 5.32 Å². The number of halogens is 4. The molecule has 0 aliphatic heterocycles. The standard InChI is InChI=1S/C26H19ClF3N5O2S2/c1-15-5-2-3-6-20(15)35-23(21-7-4-10-37-21)33-34-25(35)38-14-22(36)32-24-31-13-18(39-24)12-16-11-17(26(28,29)30)8-9-19(16)27/h2-11,13H,12,14H2,1H3,(H,31,32,36). The van der Waals surface area contributed by atoms with Crippen molar-refractivity contribution in [3.63, 3.8) is 0 Å². The molecule has 0 saturated carbocycles. The van der Waals surface area contributed by atoms with E-state index in [0.717, 1.165) is 23.4 Å². The lowest BCUT2D eigenvalue weighted by molar-refractivity contribution is -0.137. The van der Waals surface area contributed by atoms with E-state index in [1.807, 2.05) is 35.8 Å². The number of thiazole rings is 1. The second kappa shape index (κ2) is 11.2. The first-order chi connectivity index (χ1) is 18.7. The summed E-state index contributed by atoms with van der Waals surface area (Å²) in [4.78, 5) is 17.6. The Morgan fingerprint density at radius 2 is 1.97 bits per heavy atom. The van der Waals surface area contributed by atoms with Gasteiger partial charge in [0.25, 0.3) is 0 Å².